The van der Waals surface area contributed by atoms with Crippen LogP contribution in [0, 0.1) is 13.8 Å². The number of benzene rings is 3. The van der Waals surface area contributed by atoms with E-state index in [4.69, 9.17) is 4.74 Å². The molecule has 1 aliphatic heterocycles. The molecule has 27 heavy (non-hydrogen) atoms. The molecular weight excluding hydrogens is 332 g/mol. The predicted molar refractivity (Wildman–Crippen MR) is 108 cm³/mol. The first kappa shape index (κ1) is 17.5. The van der Waals surface area contributed by atoms with Gasteiger partial charge in [-0.1, -0.05) is 86.1 Å². The molecule has 0 N–H and O–H groups in total. The SMILES string of the molecule is Cc1cc(C)c2c(c1)C(c1ccc(C(C)(C)c3ccccc3)cc1)C(=O)O2. The van der Waals surface area contributed by atoms with Crippen molar-refractivity contribution in [3.63, 3.8) is 0 Å². The molecule has 1 aliphatic rings. The van der Waals surface area contributed by atoms with Crippen LogP contribution in [-0.4, -0.2) is 5.97 Å². The van der Waals surface area contributed by atoms with Gasteiger partial charge < -0.3 is 4.74 Å². The summed E-state index contributed by atoms with van der Waals surface area (Å²) in [6.45, 7) is 8.50. The van der Waals surface area contributed by atoms with Gasteiger partial charge in [-0.2, -0.15) is 0 Å². The zero-order chi connectivity index (χ0) is 19.2. The fourth-order valence-electron chi connectivity index (χ4n) is 4.06. The van der Waals surface area contributed by atoms with E-state index in [0.29, 0.717) is 0 Å². The Morgan fingerprint density at radius 1 is 0.852 bits per heavy atom. The van der Waals surface area contributed by atoms with Gasteiger partial charge >= 0.3 is 5.97 Å². The maximum atomic E-state index is 12.6. The number of hydrogen-bond acceptors (Lipinski definition) is 2. The van der Waals surface area contributed by atoms with E-state index in [2.05, 4.69) is 81.4 Å². The molecule has 0 aromatic heterocycles. The standard InChI is InChI=1S/C25H24O2/c1-16-14-17(2)23-21(15-16)22(24(26)27-23)18-10-12-20(13-11-18)25(3,4)19-8-6-5-7-9-19/h5-15,22H,1-4H3. The molecule has 2 nitrogen and oxygen atoms in total. The Morgan fingerprint density at radius 3 is 2.15 bits per heavy atom. The minimum atomic E-state index is -0.340. The number of carbonyl (C=O) groups is 1. The summed E-state index contributed by atoms with van der Waals surface area (Å²) in [5, 5.41) is 0. The first-order valence-electron chi connectivity index (χ1n) is 9.37. The van der Waals surface area contributed by atoms with Crippen LogP contribution in [0.3, 0.4) is 0 Å². The largest absolute Gasteiger partial charge is 0.425 e. The van der Waals surface area contributed by atoms with Gasteiger partial charge in [-0.25, -0.2) is 0 Å². The van der Waals surface area contributed by atoms with Gasteiger partial charge in [0.25, 0.3) is 0 Å². The minimum Gasteiger partial charge on any atom is -0.425 e. The maximum absolute atomic E-state index is 12.6. The van der Waals surface area contributed by atoms with Crippen LogP contribution in [0.25, 0.3) is 0 Å². The molecule has 0 aliphatic carbocycles. The lowest BCUT2D eigenvalue weighted by atomic mass is 9.77. The Morgan fingerprint density at radius 2 is 1.48 bits per heavy atom. The molecule has 136 valence electrons. The Kier molecular flexibility index (Phi) is 4.15. The van der Waals surface area contributed by atoms with Crippen LogP contribution in [0.2, 0.25) is 0 Å². The van der Waals surface area contributed by atoms with Gasteiger partial charge in [0, 0.05) is 11.0 Å². The maximum Gasteiger partial charge on any atom is 0.323 e. The third-order valence-corrected chi connectivity index (χ3v) is 5.66. The third kappa shape index (κ3) is 2.95. The van der Waals surface area contributed by atoms with Gasteiger partial charge in [-0.05, 0) is 36.1 Å². The van der Waals surface area contributed by atoms with Crippen molar-refractivity contribution in [2.75, 3.05) is 0 Å². The molecule has 0 amide bonds. The van der Waals surface area contributed by atoms with E-state index in [-0.39, 0.29) is 17.3 Å². The highest BCUT2D eigenvalue weighted by Gasteiger charge is 2.36. The van der Waals surface area contributed by atoms with Gasteiger partial charge in [0.2, 0.25) is 0 Å². The van der Waals surface area contributed by atoms with E-state index in [1.54, 1.807) is 0 Å². The first-order chi connectivity index (χ1) is 12.9. The highest BCUT2D eigenvalue weighted by Crippen LogP contribution is 2.42. The van der Waals surface area contributed by atoms with Crippen LogP contribution in [0.5, 0.6) is 5.75 Å². The fourth-order valence-corrected chi connectivity index (χ4v) is 4.06. The molecule has 3 aromatic carbocycles. The summed E-state index contributed by atoms with van der Waals surface area (Å²) in [6.07, 6.45) is 0. The van der Waals surface area contributed by atoms with E-state index < -0.39 is 0 Å². The van der Waals surface area contributed by atoms with Gasteiger partial charge in [0.05, 0.1) is 0 Å². The van der Waals surface area contributed by atoms with Gasteiger partial charge in [-0.15, -0.1) is 0 Å². The van der Waals surface area contributed by atoms with Crippen molar-refractivity contribution in [1.29, 1.82) is 0 Å². The molecule has 1 heterocycles. The number of hydrogen-bond donors (Lipinski definition) is 0. The highest BCUT2D eigenvalue weighted by molar-refractivity contribution is 5.90. The molecule has 0 fully saturated rings. The second kappa shape index (κ2) is 6.38. The van der Waals surface area contributed by atoms with Crippen molar-refractivity contribution in [3.8, 4) is 5.75 Å². The summed E-state index contributed by atoms with van der Waals surface area (Å²) in [5.41, 5.74) is 6.53. The average molecular weight is 356 g/mol. The molecule has 0 radical (unpaired) electrons. The summed E-state index contributed by atoms with van der Waals surface area (Å²) < 4.78 is 5.59. The molecule has 0 spiro atoms. The Bertz CT molecular complexity index is 998. The van der Waals surface area contributed by atoms with Gasteiger partial charge in [0.1, 0.15) is 11.7 Å². The predicted octanol–water partition coefficient (Wildman–Crippen LogP) is 5.68. The number of aryl methyl sites for hydroxylation is 2. The first-order valence-corrected chi connectivity index (χ1v) is 9.37. The molecular formula is C25H24O2. The van der Waals surface area contributed by atoms with E-state index in [9.17, 15) is 4.79 Å². The van der Waals surface area contributed by atoms with Crippen LogP contribution >= 0.6 is 0 Å². The lowest BCUT2D eigenvalue weighted by molar-refractivity contribution is -0.133. The molecule has 2 heteroatoms. The summed E-state index contributed by atoms with van der Waals surface area (Å²) in [5.74, 6) is 0.200. The number of fused-ring (bicyclic) bond motifs is 1. The summed E-state index contributed by atoms with van der Waals surface area (Å²) in [7, 11) is 0. The lowest BCUT2D eigenvalue weighted by Gasteiger charge is -2.26. The topological polar surface area (TPSA) is 26.3 Å². The molecule has 0 saturated heterocycles. The quantitative estimate of drug-likeness (QED) is 0.446. The van der Waals surface area contributed by atoms with Crippen molar-refractivity contribution < 1.29 is 9.53 Å². The fraction of sp³-hybridized carbons (Fsp3) is 0.240. The summed E-state index contributed by atoms with van der Waals surface area (Å²) in [6, 6.07) is 23.0. The molecule has 0 saturated carbocycles. The molecule has 4 rings (SSSR count). The third-order valence-electron chi connectivity index (χ3n) is 5.66. The molecule has 3 aromatic rings. The van der Waals surface area contributed by atoms with Gasteiger partial charge in [-0.3, -0.25) is 4.79 Å². The monoisotopic (exact) mass is 356 g/mol. The highest BCUT2D eigenvalue weighted by atomic mass is 16.5. The summed E-state index contributed by atoms with van der Waals surface area (Å²) >= 11 is 0. The molecule has 0 bridgehead atoms. The van der Waals surface area contributed by atoms with Crippen molar-refractivity contribution in [2.24, 2.45) is 0 Å². The molecule has 1 unspecified atom stereocenters. The van der Waals surface area contributed by atoms with E-state index in [1.165, 1.54) is 11.1 Å². The minimum absolute atomic E-state index is 0.0962. The lowest BCUT2D eigenvalue weighted by Crippen LogP contribution is -2.19. The number of carbonyl (C=O) groups excluding carboxylic acids is 1. The van der Waals surface area contributed by atoms with Crippen LogP contribution in [0.1, 0.15) is 53.1 Å². The number of esters is 1. The van der Waals surface area contributed by atoms with Gasteiger partial charge in [0.15, 0.2) is 0 Å². The average Bonchev–Trinajstić information content (AvgIpc) is 2.99. The van der Waals surface area contributed by atoms with Crippen molar-refractivity contribution >= 4 is 5.97 Å². The summed E-state index contributed by atoms with van der Waals surface area (Å²) in [4.78, 5) is 12.6. The van der Waals surface area contributed by atoms with Crippen LogP contribution in [0.4, 0.5) is 0 Å². The smallest absolute Gasteiger partial charge is 0.323 e. The van der Waals surface area contributed by atoms with Crippen LogP contribution in [0.15, 0.2) is 66.7 Å². The van der Waals surface area contributed by atoms with E-state index in [1.807, 2.05) is 13.0 Å². The van der Waals surface area contributed by atoms with Crippen LogP contribution in [-0.2, 0) is 10.2 Å². The Hall–Kier alpha value is -2.87. The second-order valence-electron chi connectivity index (χ2n) is 7.97. The normalized spacial score (nSPS) is 16.1. The second-order valence-corrected chi connectivity index (χ2v) is 7.97. The Labute approximate surface area is 160 Å². The zero-order valence-corrected chi connectivity index (χ0v) is 16.2. The van der Waals surface area contributed by atoms with Crippen LogP contribution < -0.4 is 4.74 Å². The zero-order valence-electron chi connectivity index (χ0n) is 16.2. The number of rotatable bonds is 3. The van der Waals surface area contributed by atoms with Crippen molar-refractivity contribution in [2.45, 2.75) is 39.0 Å². The van der Waals surface area contributed by atoms with Crippen molar-refractivity contribution in [1.82, 2.24) is 0 Å². The van der Waals surface area contributed by atoms with E-state index in [0.717, 1.165) is 28.0 Å². The Balaban J connectivity index is 1.71. The number of ether oxygens (including phenoxy) is 1. The van der Waals surface area contributed by atoms with Crippen molar-refractivity contribution in [3.05, 3.63) is 100 Å². The molecule has 1 atom stereocenters. The van der Waals surface area contributed by atoms with E-state index >= 15 is 0 Å².